The van der Waals surface area contributed by atoms with Crippen LogP contribution < -0.4 is 11.1 Å². The molecule has 0 radical (unpaired) electrons. The van der Waals surface area contributed by atoms with Gasteiger partial charge in [0.05, 0.1) is 18.1 Å². The maximum Gasteiger partial charge on any atom is 0.318 e. The van der Waals surface area contributed by atoms with Crippen molar-refractivity contribution in [2.24, 2.45) is 5.73 Å². The van der Waals surface area contributed by atoms with Crippen molar-refractivity contribution in [3.8, 4) is 11.4 Å². The summed E-state index contributed by atoms with van der Waals surface area (Å²) in [4.78, 5) is 22.8. The molecule has 8 nitrogen and oxygen atoms in total. The van der Waals surface area contributed by atoms with Gasteiger partial charge in [0.25, 0.3) is 0 Å². The molecule has 0 spiro atoms. The summed E-state index contributed by atoms with van der Waals surface area (Å²) in [6, 6.07) is 12.4. The number of furan rings is 1. The molecule has 0 fully saturated rings. The van der Waals surface area contributed by atoms with Gasteiger partial charge < -0.3 is 10.2 Å². The number of aromatic nitrogens is 3. The van der Waals surface area contributed by atoms with Crippen LogP contribution in [0.25, 0.3) is 11.4 Å². The van der Waals surface area contributed by atoms with Gasteiger partial charge in [-0.15, -0.1) is 10.2 Å². The Bertz CT molecular complexity index is 893. The minimum absolute atomic E-state index is 0.413. The molecule has 26 heavy (non-hydrogen) atoms. The molecule has 0 bridgehead atoms. The number of benzene rings is 1. The van der Waals surface area contributed by atoms with E-state index < -0.39 is 17.2 Å². The van der Waals surface area contributed by atoms with Crippen LogP contribution in [0, 0.1) is 0 Å². The maximum atomic E-state index is 12.0. The summed E-state index contributed by atoms with van der Waals surface area (Å²) >= 11 is 1.19. The highest BCUT2D eigenvalue weighted by atomic mass is 32.2. The summed E-state index contributed by atoms with van der Waals surface area (Å²) < 4.78 is 7.30. The van der Waals surface area contributed by atoms with Gasteiger partial charge in [0.1, 0.15) is 5.76 Å². The van der Waals surface area contributed by atoms with E-state index in [0.717, 1.165) is 11.3 Å². The fraction of sp³-hybridized carbons (Fsp3) is 0.176. The van der Waals surface area contributed by atoms with Crippen LogP contribution in [0.2, 0.25) is 0 Å². The van der Waals surface area contributed by atoms with Crippen LogP contribution in [-0.4, -0.2) is 32.0 Å². The maximum absolute atomic E-state index is 12.0. The molecule has 3 aromatic rings. The SMILES string of the molecule is C[C@H](Sc1nnc(-c2ccccc2)n1Cc1ccco1)C(=O)NC(N)=O. The Balaban J connectivity index is 1.91. The minimum atomic E-state index is -0.885. The molecule has 0 saturated carbocycles. The molecule has 3 amide bonds. The Hall–Kier alpha value is -3.07. The highest BCUT2D eigenvalue weighted by Crippen LogP contribution is 2.27. The molecule has 2 aromatic heterocycles. The number of thioether (sulfide) groups is 1. The first kappa shape index (κ1) is 17.7. The number of hydrogen-bond acceptors (Lipinski definition) is 6. The molecule has 2 heterocycles. The Labute approximate surface area is 153 Å². The number of rotatable bonds is 6. The molecule has 1 aromatic carbocycles. The van der Waals surface area contributed by atoms with E-state index in [9.17, 15) is 9.59 Å². The first-order chi connectivity index (χ1) is 12.5. The van der Waals surface area contributed by atoms with Crippen molar-refractivity contribution < 1.29 is 14.0 Å². The monoisotopic (exact) mass is 371 g/mol. The highest BCUT2D eigenvalue weighted by molar-refractivity contribution is 8.00. The second kappa shape index (κ2) is 7.87. The van der Waals surface area contributed by atoms with Crippen LogP contribution in [0.15, 0.2) is 58.3 Å². The Morgan fingerprint density at radius 2 is 2.00 bits per heavy atom. The van der Waals surface area contributed by atoms with Crippen molar-refractivity contribution in [3.63, 3.8) is 0 Å². The smallest absolute Gasteiger partial charge is 0.318 e. The van der Waals surface area contributed by atoms with E-state index in [2.05, 4.69) is 15.5 Å². The molecule has 1 atom stereocenters. The molecule has 0 aliphatic rings. The standard InChI is InChI=1S/C17H17N5O3S/c1-11(15(23)19-16(18)24)26-17-21-20-14(12-6-3-2-4-7-12)22(17)10-13-8-5-9-25-13/h2-9,11H,10H2,1H3,(H3,18,19,23,24)/t11-/m0/s1. The number of nitrogens with zero attached hydrogens (tertiary/aromatic N) is 3. The molecule has 3 N–H and O–H groups in total. The summed E-state index contributed by atoms with van der Waals surface area (Å²) in [5, 5.41) is 10.5. The lowest BCUT2D eigenvalue weighted by Gasteiger charge is -2.12. The average molecular weight is 371 g/mol. The summed E-state index contributed by atoms with van der Waals surface area (Å²) in [7, 11) is 0. The highest BCUT2D eigenvalue weighted by Gasteiger charge is 2.22. The third kappa shape index (κ3) is 4.12. The first-order valence-corrected chi connectivity index (χ1v) is 8.70. The summed E-state index contributed by atoms with van der Waals surface area (Å²) in [5.41, 5.74) is 5.90. The number of hydrogen-bond donors (Lipinski definition) is 2. The van der Waals surface area contributed by atoms with Crippen molar-refractivity contribution in [1.82, 2.24) is 20.1 Å². The zero-order valence-corrected chi connectivity index (χ0v) is 14.8. The van der Waals surface area contributed by atoms with Crippen molar-refractivity contribution in [3.05, 3.63) is 54.5 Å². The van der Waals surface area contributed by atoms with E-state index in [4.69, 9.17) is 10.2 Å². The lowest BCUT2D eigenvalue weighted by molar-refractivity contribution is -0.119. The van der Waals surface area contributed by atoms with E-state index in [1.54, 1.807) is 19.3 Å². The van der Waals surface area contributed by atoms with Crippen LogP contribution in [0.5, 0.6) is 0 Å². The van der Waals surface area contributed by atoms with Gasteiger partial charge in [-0.05, 0) is 19.1 Å². The average Bonchev–Trinajstić information content (AvgIpc) is 3.26. The van der Waals surface area contributed by atoms with Crippen molar-refractivity contribution in [2.75, 3.05) is 0 Å². The van der Waals surface area contributed by atoms with E-state index in [-0.39, 0.29) is 0 Å². The summed E-state index contributed by atoms with van der Waals surface area (Å²) in [6.45, 7) is 2.08. The quantitative estimate of drug-likeness (QED) is 0.642. The fourth-order valence-corrected chi connectivity index (χ4v) is 3.16. The number of nitrogens with one attached hydrogen (secondary N) is 1. The van der Waals surface area contributed by atoms with Gasteiger partial charge in [-0.1, -0.05) is 42.1 Å². The lowest BCUT2D eigenvalue weighted by Crippen LogP contribution is -2.39. The summed E-state index contributed by atoms with van der Waals surface area (Å²) in [5.74, 6) is 0.904. The minimum Gasteiger partial charge on any atom is -0.467 e. The molecule has 134 valence electrons. The molecular weight excluding hydrogens is 354 g/mol. The molecule has 0 unspecified atom stereocenters. The second-order valence-corrected chi connectivity index (χ2v) is 6.76. The molecule has 9 heteroatoms. The predicted octanol–water partition coefficient (Wildman–Crippen LogP) is 2.26. The first-order valence-electron chi connectivity index (χ1n) is 7.82. The van der Waals surface area contributed by atoms with Gasteiger partial charge in [0.2, 0.25) is 5.91 Å². The number of nitrogens with two attached hydrogens (primary N) is 1. The molecule has 0 aliphatic carbocycles. The van der Waals surface area contributed by atoms with Gasteiger partial charge >= 0.3 is 6.03 Å². The molecule has 0 aliphatic heterocycles. The van der Waals surface area contributed by atoms with Crippen molar-refractivity contribution in [1.29, 1.82) is 0 Å². The zero-order chi connectivity index (χ0) is 18.5. The number of urea groups is 1. The molecule has 0 saturated heterocycles. The van der Waals surface area contributed by atoms with Gasteiger partial charge in [-0.25, -0.2) is 4.79 Å². The summed E-state index contributed by atoms with van der Waals surface area (Å²) in [6.07, 6.45) is 1.59. The number of carbonyl (C=O) groups excluding carboxylic acids is 2. The fourth-order valence-electron chi connectivity index (χ4n) is 2.31. The Kier molecular flexibility index (Phi) is 5.37. The number of primary amides is 1. The topological polar surface area (TPSA) is 116 Å². The van der Waals surface area contributed by atoms with Gasteiger partial charge in [-0.2, -0.15) is 0 Å². The van der Waals surface area contributed by atoms with Gasteiger partial charge in [-0.3, -0.25) is 14.7 Å². The normalized spacial score (nSPS) is 11.9. The number of carbonyl (C=O) groups is 2. The van der Waals surface area contributed by atoms with E-state index >= 15 is 0 Å². The van der Waals surface area contributed by atoms with Gasteiger partial charge in [0.15, 0.2) is 11.0 Å². The van der Waals surface area contributed by atoms with Crippen LogP contribution in [-0.2, 0) is 11.3 Å². The van der Waals surface area contributed by atoms with Crippen LogP contribution in [0.1, 0.15) is 12.7 Å². The Morgan fingerprint density at radius 1 is 1.23 bits per heavy atom. The number of amides is 3. The van der Waals surface area contributed by atoms with Crippen LogP contribution >= 0.6 is 11.8 Å². The van der Waals surface area contributed by atoms with Crippen molar-refractivity contribution in [2.45, 2.75) is 23.9 Å². The second-order valence-electron chi connectivity index (χ2n) is 5.45. The van der Waals surface area contributed by atoms with Crippen molar-refractivity contribution >= 4 is 23.7 Å². The Morgan fingerprint density at radius 3 is 2.65 bits per heavy atom. The largest absolute Gasteiger partial charge is 0.467 e. The third-order valence-corrected chi connectivity index (χ3v) is 4.62. The number of imide groups is 1. The third-order valence-electron chi connectivity index (χ3n) is 3.54. The van der Waals surface area contributed by atoms with Crippen LogP contribution in [0.3, 0.4) is 0 Å². The lowest BCUT2D eigenvalue weighted by atomic mass is 10.2. The van der Waals surface area contributed by atoms with Crippen LogP contribution in [0.4, 0.5) is 4.79 Å². The predicted molar refractivity (Wildman–Crippen MR) is 96.3 cm³/mol. The zero-order valence-electron chi connectivity index (χ0n) is 14.0. The van der Waals surface area contributed by atoms with E-state index in [0.29, 0.717) is 17.5 Å². The molecular formula is C17H17N5O3S. The van der Waals surface area contributed by atoms with E-state index in [1.807, 2.05) is 41.0 Å². The van der Waals surface area contributed by atoms with Gasteiger partial charge in [0, 0.05) is 5.56 Å². The molecule has 3 rings (SSSR count). The van der Waals surface area contributed by atoms with E-state index in [1.165, 1.54) is 11.8 Å².